The maximum atomic E-state index is 13.9. The summed E-state index contributed by atoms with van der Waals surface area (Å²) in [6, 6.07) is 11.5. The molecule has 3 aromatic rings. The smallest absolute Gasteiger partial charge is 0.138 e. The Morgan fingerprint density at radius 3 is 2.57 bits per heavy atom. The van der Waals surface area contributed by atoms with Crippen LogP contribution in [0.1, 0.15) is 18.3 Å². The van der Waals surface area contributed by atoms with Crippen molar-refractivity contribution in [2.24, 2.45) is 0 Å². The van der Waals surface area contributed by atoms with Gasteiger partial charge in [-0.3, -0.25) is 4.57 Å². The summed E-state index contributed by atoms with van der Waals surface area (Å²) >= 11 is 7.98. The lowest BCUT2D eigenvalue weighted by atomic mass is 10.1. The molecule has 0 saturated heterocycles. The van der Waals surface area contributed by atoms with Gasteiger partial charge in [-0.1, -0.05) is 19.1 Å². The topological polar surface area (TPSA) is 17.8 Å². The Morgan fingerprint density at radius 1 is 1.24 bits per heavy atom. The molecule has 0 unspecified atom stereocenters. The van der Waals surface area contributed by atoms with Crippen molar-refractivity contribution in [2.75, 3.05) is 0 Å². The molecular weight excluding hydrogens is 402 g/mol. The number of hydrogen-bond donors (Lipinski definition) is 0. The van der Waals surface area contributed by atoms with Crippen LogP contribution in [-0.2, 0) is 12.3 Å². The molecule has 0 radical (unpaired) electrons. The summed E-state index contributed by atoms with van der Waals surface area (Å²) < 4.78 is 16.4. The molecule has 3 rings (SSSR count). The van der Waals surface area contributed by atoms with E-state index in [1.54, 1.807) is 6.07 Å². The van der Waals surface area contributed by atoms with E-state index in [0.717, 1.165) is 29.0 Å². The lowest BCUT2D eigenvalue weighted by molar-refractivity contribution is 0.622. The fraction of sp³-hybridized carbons (Fsp3) is 0.188. The Labute approximate surface area is 141 Å². The fourth-order valence-corrected chi connectivity index (χ4v) is 3.01. The van der Waals surface area contributed by atoms with E-state index in [1.807, 2.05) is 39.3 Å². The molecule has 0 aliphatic heterocycles. The second-order valence-electron chi connectivity index (χ2n) is 4.77. The average molecular weight is 415 g/mol. The molecule has 2 aromatic carbocycles. The molecule has 0 spiro atoms. The van der Waals surface area contributed by atoms with Gasteiger partial charge in [0.25, 0.3) is 0 Å². The number of halogens is 3. The van der Waals surface area contributed by atoms with Crippen molar-refractivity contribution in [3.05, 3.63) is 57.2 Å². The summed E-state index contributed by atoms with van der Waals surface area (Å²) in [5, 5.41) is 0. The largest absolute Gasteiger partial charge is 0.295 e. The number of aryl methyl sites for hydroxylation is 1. The van der Waals surface area contributed by atoms with Gasteiger partial charge in [-0.05, 0) is 52.8 Å². The Kier molecular flexibility index (Phi) is 4.17. The van der Waals surface area contributed by atoms with E-state index < -0.39 is 0 Å². The molecule has 108 valence electrons. The van der Waals surface area contributed by atoms with E-state index in [1.165, 1.54) is 11.6 Å². The summed E-state index contributed by atoms with van der Waals surface area (Å²) in [5.41, 5.74) is 3.71. The maximum absolute atomic E-state index is 13.9. The Hall–Kier alpha value is -1.14. The number of aromatic nitrogens is 2. The minimum absolute atomic E-state index is 0.240. The number of benzene rings is 2. The summed E-state index contributed by atoms with van der Waals surface area (Å²) in [7, 11) is 0. The minimum Gasteiger partial charge on any atom is -0.295 e. The molecule has 0 atom stereocenters. The Bertz CT molecular complexity index is 796. The van der Waals surface area contributed by atoms with E-state index >= 15 is 0 Å². The standard InChI is InChI=1S/C16H13ClFIN2/c1-2-10-3-5-11(6-4-10)21-15-7-12(18)13(19)8-14(15)20-16(21)9-17/h3-8H,2,9H2,1H3. The number of hydrogen-bond acceptors (Lipinski definition) is 1. The molecule has 0 saturated carbocycles. The van der Waals surface area contributed by atoms with Crippen molar-refractivity contribution in [1.82, 2.24) is 9.55 Å². The molecule has 1 aromatic heterocycles. The molecule has 0 bridgehead atoms. The number of rotatable bonds is 3. The van der Waals surface area contributed by atoms with Crippen LogP contribution in [0.15, 0.2) is 36.4 Å². The van der Waals surface area contributed by atoms with Gasteiger partial charge in [0.15, 0.2) is 0 Å². The Balaban J connectivity index is 2.25. The lowest BCUT2D eigenvalue weighted by Crippen LogP contribution is -1.99. The third-order valence-corrected chi connectivity index (χ3v) is 4.55. The molecule has 0 fully saturated rings. The highest BCUT2D eigenvalue weighted by atomic mass is 127. The van der Waals surface area contributed by atoms with E-state index in [4.69, 9.17) is 11.6 Å². The molecule has 2 nitrogen and oxygen atoms in total. The lowest BCUT2D eigenvalue weighted by Gasteiger charge is -2.09. The third-order valence-electron chi connectivity index (χ3n) is 3.49. The molecular formula is C16H13ClFIN2. The Morgan fingerprint density at radius 2 is 1.95 bits per heavy atom. The first kappa shape index (κ1) is 14.8. The van der Waals surface area contributed by atoms with E-state index in [2.05, 4.69) is 24.0 Å². The SMILES string of the molecule is CCc1ccc(-n2c(CCl)nc3cc(I)c(F)cc32)cc1. The first-order chi connectivity index (χ1) is 10.1. The molecule has 0 aliphatic rings. The zero-order chi connectivity index (χ0) is 15.0. The van der Waals surface area contributed by atoms with Crippen molar-refractivity contribution >= 4 is 45.2 Å². The van der Waals surface area contributed by atoms with Crippen LogP contribution >= 0.6 is 34.2 Å². The van der Waals surface area contributed by atoms with Crippen molar-refractivity contribution in [1.29, 1.82) is 0 Å². The van der Waals surface area contributed by atoms with E-state index in [0.29, 0.717) is 3.57 Å². The van der Waals surface area contributed by atoms with Crippen LogP contribution in [0.5, 0.6) is 0 Å². The first-order valence-corrected chi connectivity index (χ1v) is 8.27. The van der Waals surface area contributed by atoms with Crippen LogP contribution < -0.4 is 0 Å². The normalized spacial score (nSPS) is 11.2. The summed E-state index contributed by atoms with van der Waals surface area (Å²) in [5.74, 6) is 0.760. The van der Waals surface area contributed by atoms with E-state index in [9.17, 15) is 4.39 Å². The van der Waals surface area contributed by atoms with Crippen molar-refractivity contribution in [2.45, 2.75) is 19.2 Å². The van der Waals surface area contributed by atoms with Gasteiger partial charge in [-0.25, -0.2) is 9.37 Å². The quantitative estimate of drug-likeness (QED) is 0.432. The first-order valence-electron chi connectivity index (χ1n) is 6.65. The van der Waals surface area contributed by atoms with Gasteiger partial charge in [0.1, 0.15) is 11.6 Å². The predicted molar refractivity (Wildman–Crippen MR) is 92.7 cm³/mol. The highest BCUT2D eigenvalue weighted by molar-refractivity contribution is 14.1. The maximum Gasteiger partial charge on any atom is 0.138 e. The zero-order valence-corrected chi connectivity index (χ0v) is 14.3. The van der Waals surface area contributed by atoms with Crippen molar-refractivity contribution in [3.8, 4) is 5.69 Å². The van der Waals surface area contributed by atoms with Crippen LogP contribution in [0.3, 0.4) is 0 Å². The van der Waals surface area contributed by atoms with Crippen LogP contribution in [0.2, 0.25) is 0 Å². The molecule has 0 N–H and O–H groups in total. The fourth-order valence-electron chi connectivity index (χ4n) is 2.38. The van der Waals surface area contributed by atoms with Crippen LogP contribution in [0, 0.1) is 9.39 Å². The van der Waals surface area contributed by atoms with Crippen LogP contribution in [-0.4, -0.2) is 9.55 Å². The van der Waals surface area contributed by atoms with Crippen molar-refractivity contribution in [3.63, 3.8) is 0 Å². The van der Waals surface area contributed by atoms with Crippen LogP contribution in [0.25, 0.3) is 16.7 Å². The van der Waals surface area contributed by atoms with Gasteiger partial charge in [-0.2, -0.15) is 0 Å². The van der Waals surface area contributed by atoms with E-state index in [-0.39, 0.29) is 11.7 Å². The number of fused-ring (bicyclic) bond motifs is 1. The van der Waals surface area contributed by atoms with Crippen molar-refractivity contribution < 1.29 is 4.39 Å². The van der Waals surface area contributed by atoms with Gasteiger partial charge in [0.05, 0.1) is 20.5 Å². The summed E-state index contributed by atoms with van der Waals surface area (Å²) in [6.07, 6.45) is 0.986. The molecule has 0 amide bonds. The second-order valence-corrected chi connectivity index (χ2v) is 6.20. The highest BCUT2D eigenvalue weighted by Crippen LogP contribution is 2.26. The average Bonchev–Trinajstić information content (AvgIpc) is 2.85. The van der Waals surface area contributed by atoms with Gasteiger partial charge in [0.2, 0.25) is 0 Å². The summed E-state index contributed by atoms with van der Waals surface area (Å²) in [4.78, 5) is 4.51. The molecule has 21 heavy (non-hydrogen) atoms. The summed E-state index contributed by atoms with van der Waals surface area (Å²) in [6.45, 7) is 2.11. The van der Waals surface area contributed by atoms with Crippen LogP contribution in [0.4, 0.5) is 4.39 Å². The predicted octanol–water partition coefficient (Wildman–Crippen LogP) is 5.07. The zero-order valence-electron chi connectivity index (χ0n) is 11.4. The minimum atomic E-state index is -0.240. The molecule has 0 aliphatic carbocycles. The third kappa shape index (κ3) is 2.66. The second kappa shape index (κ2) is 5.93. The van der Waals surface area contributed by atoms with Gasteiger partial charge in [-0.15, -0.1) is 11.6 Å². The van der Waals surface area contributed by atoms with Gasteiger partial charge in [0, 0.05) is 11.8 Å². The molecule has 5 heteroatoms. The monoisotopic (exact) mass is 414 g/mol. The molecule has 1 heterocycles. The van der Waals surface area contributed by atoms with Gasteiger partial charge >= 0.3 is 0 Å². The number of alkyl halides is 1. The number of nitrogens with zero attached hydrogens (tertiary/aromatic N) is 2. The highest BCUT2D eigenvalue weighted by Gasteiger charge is 2.14. The number of imidazole rings is 1. The van der Waals surface area contributed by atoms with Gasteiger partial charge < -0.3 is 0 Å².